The minimum Gasteiger partial charge on any atom is -0.462 e. The Balaban J connectivity index is 4.27. The van der Waals surface area contributed by atoms with Gasteiger partial charge < -0.3 is 14.2 Å². The van der Waals surface area contributed by atoms with Crippen LogP contribution in [0.15, 0.2) is 36.5 Å². The summed E-state index contributed by atoms with van der Waals surface area (Å²) in [4.78, 5) is 38.4. The highest BCUT2D eigenvalue weighted by molar-refractivity contribution is 5.71. The molecule has 1 atom stereocenters. The molecule has 77 heavy (non-hydrogen) atoms. The minimum atomic E-state index is -0.775. The molecule has 0 aromatic rings. The number of esters is 3. The maximum Gasteiger partial charge on any atom is 0.306 e. The number of carbonyl (C=O) groups excluding carboxylic acids is 3. The molecule has 0 saturated heterocycles. The van der Waals surface area contributed by atoms with E-state index in [1.54, 1.807) is 0 Å². The third-order valence-electron chi connectivity index (χ3n) is 15.6. The fourth-order valence-electron chi connectivity index (χ4n) is 10.4. The first-order valence-corrected chi connectivity index (χ1v) is 34.5. The lowest BCUT2D eigenvalue weighted by Gasteiger charge is -2.18. The second-order valence-corrected chi connectivity index (χ2v) is 23.4. The van der Waals surface area contributed by atoms with E-state index in [4.69, 9.17) is 14.2 Å². The van der Waals surface area contributed by atoms with E-state index in [-0.39, 0.29) is 31.1 Å². The van der Waals surface area contributed by atoms with Gasteiger partial charge in [0, 0.05) is 19.3 Å². The van der Waals surface area contributed by atoms with Crippen molar-refractivity contribution in [1.29, 1.82) is 0 Å². The number of allylic oxidation sites excluding steroid dienone is 6. The van der Waals surface area contributed by atoms with Crippen LogP contribution >= 0.6 is 0 Å². The third kappa shape index (κ3) is 64.3. The predicted octanol–water partition coefficient (Wildman–Crippen LogP) is 23.6. The number of ether oxygens (including phenoxy) is 3. The van der Waals surface area contributed by atoms with Crippen LogP contribution in [0.2, 0.25) is 0 Å². The maximum absolute atomic E-state index is 12.9. The van der Waals surface area contributed by atoms with Crippen molar-refractivity contribution in [2.24, 2.45) is 0 Å². The molecule has 6 nitrogen and oxygen atoms in total. The van der Waals surface area contributed by atoms with Crippen LogP contribution in [0, 0.1) is 0 Å². The van der Waals surface area contributed by atoms with Crippen LogP contribution in [0.4, 0.5) is 0 Å². The third-order valence-corrected chi connectivity index (χ3v) is 15.6. The Morgan fingerprint density at radius 1 is 0.260 bits per heavy atom. The van der Waals surface area contributed by atoms with Crippen LogP contribution in [0.1, 0.15) is 380 Å². The number of carbonyl (C=O) groups is 3. The van der Waals surface area contributed by atoms with E-state index < -0.39 is 6.10 Å². The lowest BCUT2D eigenvalue weighted by atomic mass is 10.0. The summed E-state index contributed by atoms with van der Waals surface area (Å²) in [5.41, 5.74) is 0. The number of hydrogen-bond acceptors (Lipinski definition) is 6. The van der Waals surface area contributed by atoms with E-state index >= 15 is 0 Å². The zero-order chi connectivity index (χ0) is 55.7. The smallest absolute Gasteiger partial charge is 0.306 e. The molecule has 0 rings (SSSR count). The quantitative estimate of drug-likeness (QED) is 0.0261. The van der Waals surface area contributed by atoms with Crippen molar-refractivity contribution in [3.05, 3.63) is 36.5 Å². The molecule has 0 aromatic heterocycles. The van der Waals surface area contributed by atoms with E-state index in [1.165, 1.54) is 270 Å². The normalized spacial score (nSPS) is 12.2. The van der Waals surface area contributed by atoms with E-state index in [0.717, 1.165) is 70.6 Å². The maximum atomic E-state index is 12.9. The molecule has 0 radical (unpaired) electrons. The zero-order valence-electron chi connectivity index (χ0n) is 52.0. The number of unbranched alkanes of at least 4 members (excludes halogenated alkanes) is 47. The summed E-state index contributed by atoms with van der Waals surface area (Å²) in [6, 6.07) is 0. The predicted molar refractivity (Wildman–Crippen MR) is 335 cm³/mol. The summed E-state index contributed by atoms with van der Waals surface area (Å²) >= 11 is 0. The molecule has 452 valence electrons. The Labute approximate surface area is 480 Å². The van der Waals surface area contributed by atoms with Crippen LogP contribution in [0.25, 0.3) is 0 Å². The first kappa shape index (κ1) is 74.6. The van der Waals surface area contributed by atoms with Crippen LogP contribution in [-0.4, -0.2) is 37.2 Å². The van der Waals surface area contributed by atoms with Crippen molar-refractivity contribution in [3.63, 3.8) is 0 Å². The Kier molecular flexibility index (Phi) is 64.1. The summed E-state index contributed by atoms with van der Waals surface area (Å²) in [5.74, 6) is -0.850. The van der Waals surface area contributed by atoms with Gasteiger partial charge in [0.25, 0.3) is 0 Å². The molecule has 6 heteroatoms. The van der Waals surface area contributed by atoms with E-state index in [9.17, 15) is 14.4 Å². The standard InChI is InChI=1S/C71H132O6/c1-4-7-10-13-16-19-22-25-28-31-32-33-34-35-36-37-38-41-43-46-49-52-55-58-61-64-70(73)76-67-68(77-71(74)65-62-59-56-53-50-47-44-40-30-27-24-21-18-15-12-9-6-3)66-75-69(72)63-60-57-54-51-48-45-42-39-29-26-23-20-17-14-11-8-5-2/h18,21,27,30-32,68H,4-17,19-20,22-26,28-29,33-67H2,1-3H3/b21-18-,30-27-,32-31-. The average Bonchev–Trinajstić information content (AvgIpc) is 3.43. The van der Waals surface area contributed by atoms with Crippen molar-refractivity contribution in [2.75, 3.05) is 13.2 Å². The molecule has 0 aliphatic heterocycles. The van der Waals surface area contributed by atoms with Gasteiger partial charge in [0.2, 0.25) is 0 Å². The van der Waals surface area contributed by atoms with Crippen LogP contribution in [-0.2, 0) is 28.6 Å². The number of rotatable bonds is 64. The number of hydrogen-bond donors (Lipinski definition) is 0. The van der Waals surface area contributed by atoms with Gasteiger partial charge in [-0.15, -0.1) is 0 Å². The lowest BCUT2D eigenvalue weighted by Crippen LogP contribution is -2.30. The van der Waals surface area contributed by atoms with Gasteiger partial charge >= 0.3 is 17.9 Å². The van der Waals surface area contributed by atoms with E-state index in [2.05, 4.69) is 57.2 Å². The Morgan fingerprint density at radius 2 is 0.468 bits per heavy atom. The largest absolute Gasteiger partial charge is 0.462 e. The topological polar surface area (TPSA) is 78.9 Å². The van der Waals surface area contributed by atoms with Gasteiger partial charge in [-0.05, 0) is 77.0 Å². The second-order valence-electron chi connectivity index (χ2n) is 23.4. The minimum absolute atomic E-state index is 0.0704. The lowest BCUT2D eigenvalue weighted by molar-refractivity contribution is -0.167. The van der Waals surface area contributed by atoms with Gasteiger partial charge in [0.1, 0.15) is 13.2 Å². The van der Waals surface area contributed by atoms with Gasteiger partial charge in [-0.1, -0.05) is 320 Å². The van der Waals surface area contributed by atoms with Gasteiger partial charge in [-0.25, -0.2) is 0 Å². The molecule has 0 aromatic carbocycles. The highest BCUT2D eigenvalue weighted by Crippen LogP contribution is 2.18. The highest BCUT2D eigenvalue weighted by atomic mass is 16.6. The molecule has 0 spiro atoms. The Bertz CT molecular complexity index is 1290. The summed E-state index contributed by atoms with van der Waals surface area (Å²) in [5, 5.41) is 0. The van der Waals surface area contributed by atoms with Crippen molar-refractivity contribution in [2.45, 2.75) is 386 Å². The van der Waals surface area contributed by atoms with Gasteiger partial charge in [0.15, 0.2) is 6.10 Å². The van der Waals surface area contributed by atoms with Crippen LogP contribution < -0.4 is 0 Å². The van der Waals surface area contributed by atoms with Crippen LogP contribution in [0.5, 0.6) is 0 Å². The van der Waals surface area contributed by atoms with Crippen molar-refractivity contribution in [1.82, 2.24) is 0 Å². The van der Waals surface area contributed by atoms with E-state index in [1.807, 2.05) is 0 Å². The first-order chi connectivity index (χ1) is 38.0. The summed E-state index contributed by atoms with van der Waals surface area (Å²) in [6.07, 6.45) is 81.6. The molecule has 0 aliphatic rings. The molecule has 0 bridgehead atoms. The molecule has 0 aliphatic carbocycles. The highest BCUT2D eigenvalue weighted by Gasteiger charge is 2.19. The second kappa shape index (κ2) is 66.1. The first-order valence-electron chi connectivity index (χ1n) is 34.5. The SMILES string of the molecule is CCCCC/C=C\C/C=C\CCCCCCCCCC(=O)OC(COC(=O)CCCCCCCCCCCCCCC/C=C\CCCCCCCCCC)COC(=O)CCCCCCCCCCCCCCCCCCC. The zero-order valence-corrected chi connectivity index (χ0v) is 52.0. The molecular formula is C71H132O6. The monoisotopic (exact) mass is 1080 g/mol. The van der Waals surface area contributed by atoms with Crippen molar-refractivity contribution >= 4 is 17.9 Å². The van der Waals surface area contributed by atoms with Gasteiger partial charge in [-0.3, -0.25) is 14.4 Å². The summed E-state index contributed by atoms with van der Waals surface area (Å²) in [7, 11) is 0. The van der Waals surface area contributed by atoms with Crippen LogP contribution in [0.3, 0.4) is 0 Å². The fourth-order valence-corrected chi connectivity index (χ4v) is 10.4. The fraction of sp³-hybridized carbons (Fsp3) is 0.873. The molecule has 0 amide bonds. The van der Waals surface area contributed by atoms with Crippen molar-refractivity contribution in [3.8, 4) is 0 Å². The molecule has 0 heterocycles. The Hall–Kier alpha value is -2.37. The molecule has 1 unspecified atom stereocenters. The molecular weight excluding hydrogens is 949 g/mol. The molecule has 0 fully saturated rings. The molecule has 0 N–H and O–H groups in total. The molecule has 0 saturated carbocycles. The average molecular weight is 1080 g/mol. The van der Waals surface area contributed by atoms with E-state index in [0.29, 0.717) is 19.3 Å². The summed E-state index contributed by atoms with van der Waals surface area (Å²) < 4.78 is 17.0. The Morgan fingerprint density at radius 3 is 0.753 bits per heavy atom. The van der Waals surface area contributed by atoms with Gasteiger partial charge in [0.05, 0.1) is 0 Å². The van der Waals surface area contributed by atoms with Crippen molar-refractivity contribution < 1.29 is 28.6 Å². The van der Waals surface area contributed by atoms with Gasteiger partial charge in [-0.2, -0.15) is 0 Å². The summed E-state index contributed by atoms with van der Waals surface area (Å²) in [6.45, 7) is 6.68.